The van der Waals surface area contributed by atoms with Gasteiger partial charge < -0.3 is 10.1 Å². The highest BCUT2D eigenvalue weighted by atomic mass is 16.5. The second kappa shape index (κ2) is 4.29. The standard InChI is InChI=1S/C12H17N5O/c1-7-4-8(2)17-11(15-16-12(17)14-7)9-5-18-6-10(9)13-3/h4,9-10,13H,5-6H2,1-3H3. The number of nitrogens with one attached hydrogen (secondary N) is 1. The van der Waals surface area contributed by atoms with Crippen LogP contribution in [0.2, 0.25) is 0 Å². The van der Waals surface area contributed by atoms with Gasteiger partial charge in [0.25, 0.3) is 5.78 Å². The van der Waals surface area contributed by atoms with E-state index < -0.39 is 0 Å². The number of hydrogen-bond acceptors (Lipinski definition) is 5. The predicted molar refractivity (Wildman–Crippen MR) is 66.7 cm³/mol. The highest BCUT2D eigenvalue weighted by molar-refractivity contribution is 5.33. The third-order valence-corrected chi connectivity index (χ3v) is 3.50. The molecule has 1 saturated heterocycles. The molecule has 1 N–H and O–H groups in total. The molecule has 2 aromatic rings. The van der Waals surface area contributed by atoms with Gasteiger partial charge in [-0.3, -0.25) is 4.40 Å². The van der Waals surface area contributed by atoms with E-state index >= 15 is 0 Å². The lowest BCUT2D eigenvalue weighted by molar-refractivity contribution is 0.188. The third kappa shape index (κ3) is 1.69. The maximum Gasteiger partial charge on any atom is 0.255 e. The zero-order valence-corrected chi connectivity index (χ0v) is 10.8. The molecule has 0 saturated carbocycles. The van der Waals surface area contributed by atoms with Crippen LogP contribution in [0.4, 0.5) is 0 Å². The van der Waals surface area contributed by atoms with Crippen molar-refractivity contribution in [1.82, 2.24) is 24.9 Å². The Morgan fingerprint density at radius 1 is 1.33 bits per heavy atom. The first-order chi connectivity index (χ1) is 8.70. The Morgan fingerprint density at radius 3 is 2.94 bits per heavy atom. The van der Waals surface area contributed by atoms with Gasteiger partial charge in [0.05, 0.1) is 19.1 Å². The summed E-state index contributed by atoms with van der Waals surface area (Å²) in [7, 11) is 1.95. The van der Waals surface area contributed by atoms with Gasteiger partial charge in [0.2, 0.25) is 0 Å². The van der Waals surface area contributed by atoms with Crippen LogP contribution in [0, 0.1) is 13.8 Å². The summed E-state index contributed by atoms with van der Waals surface area (Å²) in [6, 6.07) is 2.34. The van der Waals surface area contributed by atoms with Crippen molar-refractivity contribution in [2.24, 2.45) is 0 Å². The van der Waals surface area contributed by atoms with Crippen LogP contribution >= 0.6 is 0 Å². The summed E-state index contributed by atoms with van der Waals surface area (Å²) in [6.45, 7) is 5.42. The first-order valence-corrected chi connectivity index (χ1v) is 6.15. The molecule has 0 aromatic carbocycles. The minimum atomic E-state index is 0.230. The molecule has 96 valence electrons. The normalized spacial score (nSPS) is 23.9. The van der Waals surface area contributed by atoms with Gasteiger partial charge in [-0.2, -0.15) is 0 Å². The van der Waals surface area contributed by atoms with Crippen LogP contribution < -0.4 is 5.32 Å². The topological polar surface area (TPSA) is 64.3 Å². The minimum absolute atomic E-state index is 0.230. The Balaban J connectivity index is 2.12. The Hall–Kier alpha value is -1.53. The number of ether oxygens (including phenoxy) is 1. The maximum absolute atomic E-state index is 5.53. The number of aryl methyl sites for hydroxylation is 2. The van der Waals surface area contributed by atoms with Crippen molar-refractivity contribution in [3.05, 3.63) is 23.3 Å². The molecule has 1 fully saturated rings. The molecule has 6 nitrogen and oxygen atoms in total. The lowest BCUT2D eigenvalue weighted by atomic mass is 10.0. The van der Waals surface area contributed by atoms with Crippen LogP contribution in [0.3, 0.4) is 0 Å². The van der Waals surface area contributed by atoms with Crippen molar-refractivity contribution in [3.63, 3.8) is 0 Å². The largest absolute Gasteiger partial charge is 0.379 e. The van der Waals surface area contributed by atoms with Crippen molar-refractivity contribution in [2.45, 2.75) is 25.8 Å². The van der Waals surface area contributed by atoms with E-state index in [9.17, 15) is 0 Å². The predicted octanol–water partition coefficient (Wildman–Crippen LogP) is 0.443. The fraction of sp³-hybridized carbons (Fsp3) is 0.583. The summed E-state index contributed by atoms with van der Waals surface area (Å²) in [4.78, 5) is 4.41. The summed E-state index contributed by atoms with van der Waals surface area (Å²) in [5.74, 6) is 1.84. The molecule has 2 atom stereocenters. The second-order valence-electron chi connectivity index (χ2n) is 4.77. The average Bonchev–Trinajstić information content (AvgIpc) is 2.92. The van der Waals surface area contributed by atoms with Crippen LogP contribution in [0.5, 0.6) is 0 Å². The van der Waals surface area contributed by atoms with E-state index in [4.69, 9.17) is 4.74 Å². The number of rotatable bonds is 2. The number of aromatic nitrogens is 4. The zero-order chi connectivity index (χ0) is 12.7. The molecule has 6 heteroatoms. The highest BCUT2D eigenvalue weighted by Gasteiger charge is 2.32. The molecular weight excluding hydrogens is 230 g/mol. The number of hydrogen-bond donors (Lipinski definition) is 1. The average molecular weight is 247 g/mol. The summed E-state index contributed by atoms with van der Waals surface area (Å²) >= 11 is 0. The van der Waals surface area contributed by atoms with Crippen LogP contribution in [-0.2, 0) is 4.74 Å². The van der Waals surface area contributed by atoms with Gasteiger partial charge >= 0.3 is 0 Å². The van der Waals surface area contributed by atoms with Crippen molar-refractivity contribution < 1.29 is 4.74 Å². The Kier molecular flexibility index (Phi) is 2.76. The second-order valence-corrected chi connectivity index (χ2v) is 4.77. The Labute approximate surface area is 105 Å². The van der Waals surface area contributed by atoms with Gasteiger partial charge in [0.1, 0.15) is 5.82 Å². The smallest absolute Gasteiger partial charge is 0.255 e. The fourth-order valence-corrected chi connectivity index (χ4v) is 2.59. The summed E-state index contributed by atoms with van der Waals surface area (Å²) in [5.41, 5.74) is 2.08. The van der Waals surface area contributed by atoms with E-state index in [1.54, 1.807) is 0 Å². The maximum atomic E-state index is 5.53. The molecule has 2 aromatic heterocycles. The van der Waals surface area contributed by atoms with Crippen molar-refractivity contribution in [1.29, 1.82) is 0 Å². The molecule has 0 spiro atoms. The van der Waals surface area contributed by atoms with Gasteiger partial charge in [-0.05, 0) is 27.0 Å². The van der Waals surface area contributed by atoms with E-state index in [-0.39, 0.29) is 12.0 Å². The SMILES string of the molecule is CNC1COCC1c1nnc2nc(C)cc(C)n12. The van der Waals surface area contributed by atoms with Gasteiger partial charge in [-0.1, -0.05) is 0 Å². The molecule has 0 amide bonds. The lowest BCUT2D eigenvalue weighted by Gasteiger charge is -2.15. The van der Waals surface area contributed by atoms with Gasteiger partial charge in [0.15, 0.2) is 0 Å². The summed E-state index contributed by atoms with van der Waals surface area (Å²) in [5, 5.41) is 11.8. The van der Waals surface area contributed by atoms with Crippen LogP contribution in [-0.4, -0.2) is 45.9 Å². The van der Waals surface area contributed by atoms with Crippen molar-refractivity contribution >= 4 is 5.78 Å². The summed E-state index contributed by atoms with van der Waals surface area (Å²) < 4.78 is 7.56. The lowest BCUT2D eigenvalue weighted by Crippen LogP contribution is -2.32. The van der Waals surface area contributed by atoms with Crippen molar-refractivity contribution in [3.8, 4) is 0 Å². The van der Waals surface area contributed by atoms with Gasteiger partial charge in [-0.15, -0.1) is 10.2 Å². The molecule has 1 aliphatic heterocycles. The fourth-order valence-electron chi connectivity index (χ4n) is 2.59. The molecular formula is C12H17N5O. The third-order valence-electron chi connectivity index (χ3n) is 3.50. The van der Waals surface area contributed by atoms with E-state index in [1.165, 1.54) is 0 Å². The monoisotopic (exact) mass is 247 g/mol. The van der Waals surface area contributed by atoms with E-state index in [0.717, 1.165) is 17.2 Å². The quantitative estimate of drug-likeness (QED) is 0.834. The van der Waals surface area contributed by atoms with Gasteiger partial charge in [-0.25, -0.2) is 4.98 Å². The molecule has 18 heavy (non-hydrogen) atoms. The molecule has 3 rings (SSSR count). The number of fused-ring (bicyclic) bond motifs is 1. The number of nitrogens with zero attached hydrogens (tertiary/aromatic N) is 4. The van der Waals surface area contributed by atoms with Crippen molar-refractivity contribution in [2.75, 3.05) is 20.3 Å². The molecule has 0 aliphatic carbocycles. The Morgan fingerprint density at radius 2 is 2.17 bits per heavy atom. The molecule has 3 heterocycles. The minimum Gasteiger partial charge on any atom is -0.379 e. The molecule has 2 unspecified atom stereocenters. The van der Waals surface area contributed by atoms with Crippen LogP contribution in [0.15, 0.2) is 6.07 Å². The highest BCUT2D eigenvalue weighted by Crippen LogP contribution is 2.25. The first-order valence-electron chi connectivity index (χ1n) is 6.15. The van der Waals surface area contributed by atoms with E-state index in [1.807, 2.05) is 24.4 Å². The molecule has 0 bridgehead atoms. The first kappa shape index (κ1) is 11.6. The van der Waals surface area contributed by atoms with Crippen LogP contribution in [0.25, 0.3) is 5.78 Å². The van der Waals surface area contributed by atoms with E-state index in [0.29, 0.717) is 19.0 Å². The molecule has 0 radical (unpaired) electrons. The van der Waals surface area contributed by atoms with Crippen LogP contribution in [0.1, 0.15) is 23.1 Å². The van der Waals surface area contributed by atoms with E-state index in [2.05, 4.69) is 27.4 Å². The Bertz CT molecular complexity index is 579. The zero-order valence-electron chi connectivity index (χ0n) is 10.8. The number of likely N-dealkylation sites (N-methyl/N-ethyl adjacent to an activating group) is 1. The van der Waals surface area contributed by atoms with Gasteiger partial charge in [0, 0.05) is 17.4 Å². The molecule has 1 aliphatic rings. The summed E-state index contributed by atoms with van der Waals surface area (Å²) in [6.07, 6.45) is 0.